The van der Waals surface area contributed by atoms with Crippen molar-refractivity contribution >= 4 is 18.2 Å². The molecule has 3 rings (SSSR count). The first kappa shape index (κ1) is 11.1. The number of carbonyl (C=O) groups is 3. The summed E-state index contributed by atoms with van der Waals surface area (Å²) in [6.07, 6.45) is -3.37. The Morgan fingerprint density at radius 3 is 2.89 bits per heavy atom. The number of piperidine rings is 1. The average Bonchev–Trinajstić information content (AvgIpc) is 2.82. The molecule has 3 saturated heterocycles. The molecule has 0 saturated carbocycles. The minimum atomic E-state index is -0.809. The van der Waals surface area contributed by atoms with E-state index in [1.807, 2.05) is 0 Å². The summed E-state index contributed by atoms with van der Waals surface area (Å²) in [5.41, 5.74) is 0. The highest BCUT2D eigenvalue weighted by Crippen LogP contribution is 2.33. The van der Waals surface area contributed by atoms with Crippen LogP contribution in [-0.4, -0.2) is 60.6 Å². The Hall–Kier alpha value is -1.99. The molecular weight excluding hydrogens is 246 g/mol. The number of ether oxygens (including phenoxy) is 4. The monoisotopic (exact) mass is 257 g/mol. The molecule has 1 unspecified atom stereocenters. The van der Waals surface area contributed by atoms with E-state index in [1.54, 1.807) is 0 Å². The van der Waals surface area contributed by atoms with Crippen LogP contribution in [0.25, 0.3) is 0 Å². The fourth-order valence-corrected chi connectivity index (χ4v) is 2.52. The highest BCUT2D eigenvalue weighted by Gasteiger charge is 2.57. The lowest BCUT2D eigenvalue weighted by Gasteiger charge is -2.37. The second-order valence-electron chi connectivity index (χ2n) is 4.36. The van der Waals surface area contributed by atoms with Gasteiger partial charge in [-0.2, -0.15) is 0 Å². The first-order valence-electron chi connectivity index (χ1n) is 5.54. The maximum Gasteiger partial charge on any atom is 0.509 e. The van der Waals surface area contributed by atoms with Crippen molar-refractivity contribution in [1.82, 2.24) is 4.90 Å². The molecule has 0 aromatic rings. The van der Waals surface area contributed by atoms with Crippen molar-refractivity contribution in [3.8, 4) is 0 Å². The minimum absolute atomic E-state index is 0.109. The molecule has 0 radical (unpaired) electrons. The first-order valence-corrected chi connectivity index (χ1v) is 5.54. The van der Waals surface area contributed by atoms with Crippen LogP contribution in [-0.2, 0) is 23.7 Å². The highest BCUT2D eigenvalue weighted by atomic mass is 16.8. The zero-order chi connectivity index (χ0) is 12.9. The summed E-state index contributed by atoms with van der Waals surface area (Å²) in [6, 6.07) is -0.433. The molecule has 0 spiro atoms. The van der Waals surface area contributed by atoms with Gasteiger partial charge in [-0.1, -0.05) is 0 Å². The normalized spacial score (nSPS) is 37.3. The van der Waals surface area contributed by atoms with Gasteiger partial charge in [-0.05, 0) is 0 Å². The molecule has 0 aromatic heterocycles. The molecule has 0 aromatic carbocycles. The smallest absolute Gasteiger partial charge is 0.456 e. The van der Waals surface area contributed by atoms with E-state index in [2.05, 4.69) is 0 Å². The summed E-state index contributed by atoms with van der Waals surface area (Å²) in [7, 11) is 0. The Kier molecular flexibility index (Phi) is 2.32. The lowest BCUT2D eigenvalue weighted by Crippen LogP contribution is -2.60. The molecule has 3 heterocycles. The van der Waals surface area contributed by atoms with Gasteiger partial charge >= 0.3 is 18.2 Å². The van der Waals surface area contributed by atoms with Gasteiger partial charge in [0, 0.05) is 6.92 Å². The molecular formula is C10H11NO7. The molecule has 3 aliphatic rings. The number of nitrogens with zero attached hydrogens (tertiary/aromatic N) is 1. The Labute approximate surface area is 102 Å². The largest absolute Gasteiger partial charge is 0.509 e. The molecule has 8 nitrogen and oxygen atoms in total. The molecule has 98 valence electrons. The van der Waals surface area contributed by atoms with E-state index >= 15 is 0 Å². The van der Waals surface area contributed by atoms with Gasteiger partial charge < -0.3 is 18.9 Å². The molecule has 4 atom stereocenters. The zero-order valence-electron chi connectivity index (χ0n) is 9.53. The topological polar surface area (TPSA) is 91.4 Å². The molecule has 0 aliphatic carbocycles. The van der Waals surface area contributed by atoms with Crippen LogP contribution in [0.1, 0.15) is 6.92 Å². The molecule has 0 bridgehead atoms. The SMILES string of the molecule is CC(=O)O[C@H]1C2COC(=O)N2C[C@@H]2OC(=O)O[C@H]21. The summed E-state index contributed by atoms with van der Waals surface area (Å²) in [5.74, 6) is -0.511. The van der Waals surface area contributed by atoms with Gasteiger partial charge in [0.25, 0.3) is 0 Å². The van der Waals surface area contributed by atoms with Gasteiger partial charge in [-0.25, -0.2) is 9.59 Å². The number of hydrogen-bond acceptors (Lipinski definition) is 7. The van der Waals surface area contributed by atoms with Gasteiger partial charge in [0.15, 0.2) is 18.3 Å². The quantitative estimate of drug-likeness (QED) is 0.468. The maximum atomic E-state index is 11.5. The van der Waals surface area contributed by atoms with Crippen molar-refractivity contribution in [3.05, 3.63) is 0 Å². The van der Waals surface area contributed by atoms with Crippen LogP contribution in [0.5, 0.6) is 0 Å². The zero-order valence-corrected chi connectivity index (χ0v) is 9.53. The molecule has 0 N–H and O–H groups in total. The van der Waals surface area contributed by atoms with Gasteiger partial charge in [-0.15, -0.1) is 0 Å². The van der Waals surface area contributed by atoms with Crippen LogP contribution in [0.4, 0.5) is 9.59 Å². The van der Waals surface area contributed by atoms with Crippen molar-refractivity contribution < 1.29 is 33.3 Å². The predicted molar refractivity (Wildman–Crippen MR) is 52.5 cm³/mol. The Balaban J connectivity index is 1.88. The van der Waals surface area contributed by atoms with Gasteiger partial charge in [-0.3, -0.25) is 9.69 Å². The van der Waals surface area contributed by atoms with E-state index < -0.39 is 42.6 Å². The Bertz CT molecular complexity index is 420. The average molecular weight is 257 g/mol. The van der Waals surface area contributed by atoms with E-state index in [-0.39, 0.29) is 13.2 Å². The predicted octanol–water partition coefficient (Wildman–Crippen LogP) is -0.344. The summed E-state index contributed by atoms with van der Waals surface area (Å²) >= 11 is 0. The molecule has 8 heteroatoms. The third-order valence-corrected chi connectivity index (χ3v) is 3.24. The van der Waals surface area contributed by atoms with E-state index in [4.69, 9.17) is 18.9 Å². The molecule has 3 fully saturated rings. The van der Waals surface area contributed by atoms with Gasteiger partial charge in [0.2, 0.25) is 0 Å². The standard InChI is InChI=1S/C10H11NO7/c1-4(12)16-7-5-3-15-9(13)11(5)2-6-8(7)18-10(14)17-6/h5-8H,2-3H2,1H3/t5?,6-,7-,8+/m0/s1. The second-order valence-corrected chi connectivity index (χ2v) is 4.36. The minimum Gasteiger partial charge on any atom is -0.456 e. The summed E-state index contributed by atoms with van der Waals surface area (Å²) in [5, 5.41) is 0. The number of cyclic esters (lactones) is 1. The second kappa shape index (κ2) is 3.76. The number of hydrogen-bond donors (Lipinski definition) is 0. The van der Waals surface area contributed by atoms with Crippen LogP contribution >= 0.6 is 0 Å². The van der Waals surface area contributed by atoms with Crippen molar-refractivity contribution in [2.45, 2.75) is 31.3 Å². The summed E-state index contributed by atoms with van der Waals surface area (Å²) < 4.78 is 20.0. The van der Waals surface area contributed by atoms with Crippen LogP contribution < -0.4 is 0 Å². The van der Waals surface area contributed by atoms with Crippen LogP contribution in [0, 0.1) is 0 Å². The van der Waals surface area contributed by atoms with Gasteiger partial charge in [0.05, 0.1) is 6.54 Å². The van der Waals surface area contributed by atoms with Gasteiger partial charge in [0.1, 0.15) is 12.6 Å². The molecule has 3 aliphatic heterocycles. The summed E-state index contributed by atoms with van der Waals surface area (Å²) in [4.78, 5) is 35.1. The van der Waals surface area contributed by atoms with Crippen LogP contribution in [0.15, 0.2) is 0 Å². The van der Waals surface area contributed by atoms with E-state index in [9.17, 15) is 14.4 Å². The first-order chi connectivity index (χ1) is 8.56. The molecule has 1 amide bonds. The fourth-order valence-electron chi connectivity index (χ4n) is 2.52. The third-order valence-electron chi connectivity index (χ3n) is 3.24. The van der Waals surface area contributed by atoms with E-state index in [1.165, 1.54) is 11.8 Å². The molecule has 18 heavy (non-hydrogen) atoms. The van der Waals surface area contributed by atoms with Crippen molar-refractivity contribution in [1.29, 1.82) is 0 Å². The fraction of sp³-hybridized carbons (Fsp3) is 0.700. The highest BCUT2D eigenvalue weighted by molar-refractivity contribution is 5.72. The number of esters is 1. The van der Waals surface area contributed by atoms with Crippen molar-refractivity contribution in [3.63, 3.8) is 0 Å². The Morgan fingerprint density at radius 1 is 1.39 bits per heavy atom. The number of fused-ring (bicyclic) bond motifs is 2. The third kappa shape index (κ3) is 1.56. The maximum absolute atomic E-state index is 11.5. The van der Waals surface area contributed by atoms with Crippen molar-refractivity contribution in [2.24, 2.45) is 0 Å². The van der Waals surface area contributed by atoms with E-state index in [0.29, 0.717) is 0 Å². The number of amides is 1. The number of rotatable bonds is 1. The van der Waals surface area contributed by atoms with E-state index in [0.717, 1.165) is 0 Å². The number of carbonyl (C=O) groups excluding carboxylic acids is 3. The van der Waals surface area contributed by atoms with Crippen molar-refractivity contribution in [2.75, 3.05) is 13.2 Å². The summed E-state index contributed by atoms with van der Waals surface area (Å²) in [6.45, 7) is 1.55. The lowest BCUT2D eigenvalue weighted by atomic mass is 9.95. The Morgan fingerprint density at radius 2 is 2.17 bits per heavy atom. The van der Waals surface area contributed by atoms with Crippen LogP contribution in [0.3, 0.4) is 0 Å². The lowest BCUT2D eigenvalue weighted by molar-refractivity contribution is -0.160. The van der Waals surface area contributed by atoms with Crippen LogP contribution in [0.2, 0.25) is 0 Å².